The molecule has 2 N–H and O–H groups in total. The van der Waals surface area contributed by atoms with Crippen LogP contribution in [0.15, 0.2) is 30.3 Å². The number of hydrogen-bond acceptors (Lipinski definition) is 4. The quantitative estimate of drug-likeness (QED) is 0.842. The molecule has 23 heavy (non-hydrogen) atoms. The predicted molar refractivity (Wildman–Crippen MR) is 92.3 cm³/mol. The van der Waals surface area contributed by atoms with E-state index in [0.29, 0.717) is 6.04 Å². The highest BCUT2D eigenvalue weighted by Gasteiger charge is 2.32. The molecule has 4 nitrogen and oxygen atoms in total. The molecule has 0 unspecified atom stereocenters. The summed E-state index contributed by atoms with van der Waals surface area (Å²) in [5.74, 6) is 0. The zero-order valence-electron chi connectivity index (χ0n) is 14.0. The van der Waals surface area contributed by atoms with Crippen LogP contribution in [0.3, 0.4) is 0 Å². The summed E-state index contributed by atoms with van der Waals surface area (Å²) in [5, 5.41) is 13.5. The van der Waals surface area contributed by atoms with Gasteiger partial charge in [-0.25, -0.2) is 0 Å². The molecule has 3 rings (SSSR count). The Hall–Kier alpha value is -0.940. The predicted octanol–water partition coefficient (Wildman–Crippen LogP) is 2.03. The number of nitrogens with zero attached hydrogens (tertiary/aromatic N) is 1. The average molecular weight is 318 g/mol. The minimum atomic E-state index is 0.0411. The summed E-state index contributed by atoms with van der Waals surface area (Å²) in [5.41, 5.74) is 1.44. The van der Waals surface area contributed by atoms with Crippen LogP contribution in [0.5, 0.6) is 0 Å². The van der Waals surface area contributed by atoms with Crippen molar-refractivity contribution in [3.8, 4) is 0 Å². The van der Waals surface area contributed by atoms with Crippen LogP contribution in [-0.2, 0) is 11.3 Å². The first kappa shape index (κ1) is 16.9. The van der Waals surface area contributed by atoms with Gasteiger partial charge < -0.3 is 15.2 Å². The van der Waals surface area contributed by atoms with Crippen molar-refractivity contribution in [2.24, 2.45) is 5.41 Å². The molecule has 0 amide bonds. The summed E-state index contributed by atoms with van der Waals surface area (Å²) >= 11 is 0. The number of rotatable bonds is 6. The molecular formula is C19H30N2O2. The molecule has 4 heteroatoms. The summed E-state index contributed by atoms with van der Waals surface area (Å²) in [6.07, 6.45) is 4.35. The lowest BCUT2D eigenvalue weighted by Crippen LogP contribution is -2.48. The first-order valence-corrected chi connectivity index (χ1v) is 8.98. The fourth-order valence-electron chi connectivity index (χ4n) is 3.69. The van der Waals surface area contributed by atoms with Gasteiger partial charge >= 0.3 is 0 Å². The smallest absolute Gasteiger partial charge is 0.0501 e. The van der Waals surface area contributed by atoms with Crippen molar-refractivity contribution < 1.29 is 9.84 Å². The molecule has 2 fully saturated rings. The Balaban J connectivity index is 1.40. The lowest BCUT2D eigenvalue weighted by atomic mass is 9.80. The van der Waals surface area contributed by atoms with E-state index in [1.807, 2.05) is 0 Å². The molecule has 0 spiro atoms. The third-order valence-electron chi connectivity index (χ3n) is 5.49. The first-order chi connectivity index (χ1) is 11.3. The van der Waals surface area contributed by atoms with Crippen LogP contribution in [0.2, 0.25) is 0 Å². The van der Waals surface area contributed by atoms with Gasteiger partial charge in [-0.3, -0.25) is 4.90 Å². The van der Waals surface area contributed by atoms with Gasteiger partial charge in [0.1, 0.15) is 0 Å². The van der Waals surface area contributed by atoms with Gasteiger partial charge in [0.15, 0.2) is 0 Å². The van der Waals surface area contributed by atoms with Gasteiger partial charge in [0.25, 0.3) is 0 Å². The average Bonchev–Trinajstić information content (AvgIpc) is 2.63. The highest BCUT2D eigenvalue weighted by molar-refractivity contribution is 5.14. The van der Waals surface area contributed by atoms with Crippen LogP contribution >= 0.6 is 0 Å². The van der Waals surface area contributed by atoms with E-state index in [4.69, 9.17) is 4.74 Å². The SMILES string of the molecule is OCC1(CNC2CCN(Cc3ccccc3)CC2)CCOCC1. The Morgan fingerprint density at radius 3 is 2.48 bits per heavy atom. The Morgan fingerprint density at radius 1 is 1.13 bits per heavy atom. The van der Waals surface area contributed by atoms with Crippen molar-refractivity contribution in [3.05, 3.63) is 35.9 Å². The molecule has 0 saturated carbocycles. The summed E-state index contributed by atoms with van der Waals surface area (Å²) < 4.78 is 5.44. The van der Waals surface area contributed by atoms with E-state index in [0.717, 1.165) is 52.2 Å². The van der Waals surface area contributed by atoms with E-state index in [-0.39, 0.29) is 12.0 Å². The molecule has 0 aliphatic carbocycles. The maximum atomic E-state index is 9.77. The zero-order chi connectivity index (χ0) is 16.0. The fraction of sp³-hybridized carbons (Fsp3) is 0.684. The standard InChI is InChI=1S/C19H30N2O2/c22-16-19(8-12-23-13-9-19)15-20-18-6-10-21(11-7-18)14-17-4-2-1-3-5-17/h1-5,18,20,22H,6-16H2. The van der Waals surface area contributed by atoms with Crippen LogP contribution in [0.4, 0.5) is 0 Å². The molecule has 2 aliphatic heterocycles. The van der Waals surface area contributed by atoms with Gasteiger partial charge in [-0.05, 0) is 44.3 Å². The Morgan fingerprint density at radius 2 is 1.83 bits per heavy atom. The number of aliphatic hydroxyl groups excluding tert-OH is 1. The highest BCUT2D eigenvalue weighted by atomic mass is 16.5. The molecule has 2 aliphatic rings. The van der Waals surface area contributed by atoms with Gasteiger partial charge in [-0.1, -0.05) is 30.3 Å². The Labute approximate surface area is 139 Å². The number of piperidine rings is 1. The van der Waals surface area contributed by atoms with E-state index in [1.54, 1.807) is 0 Å². The lowest BCUT2D eigenvalue weighted by molar-refractivity contribution is -0.0175. The summed E-state index contributed by atoms with van der Waals surface area (Å²) in [6, 6.07) is 11.3. The monoisotopic (exact) mass is 318 g/mol. The van der Waals surface area contributed by atoms with Crippen LogP contribution in [-0.4, -0.2) is 55.5 Å². The Bertz CT molecular complexity index is 452. The van der Waals surface area contributed by atoms with Gasteiger partial charge in [0, 0.05) is 37.8 Å². The van der Waals surface area contributed by atoms with E-state index in [2.05, 4.69) is 40.5 Å². The van der Waals surface area contributed by atoms with E-state index >= 15 is 0 Å². The second-order valence-electron chi connectivity index (χ2n) is 7.19. The first-order valence-electron chi connectivity index (χ1n) is 8.98. The van der Waals surface area contributed by atoms with Crippen molar-refractivity contribution in [2.75, 3.05) is 39.5 Å². The molecule has 0 aromatic heterocycles. The van der Waals surface area contributed by atoms with Crippen molar-refractivity contribution in [1.82, 2.24) is 10.2 Å². The minimum Gasteiger partial charge on any atom is -0.396 e. The maximum absolute atomic E-state index is 9.77. The number of aliphatic hydroxyl groups is 1. The third-order valence-corrected chi connectivity index (χ3v) is 5.49. The largest absolute Gasteiger partial charge is 0.396 e. The second-order valence-corrected chi connectivity index (χ2v) is 7.19. The number of likely N-dealkylation sites (tertiary alicyclic amines) is 1. The Kier molecular flexibility index (Phi) is 6.06. The fourth-order valence-corrected chi connectivity index (χ4v) is 3.69. The van der Waals surface area contributed by atoms with E-state index in [1.165, 1.54) is 18.4 Å². The second kappa shape index (κ2) is 8.25. The normalized spacial score (nSPS) is 23.0. The summed E-state index contributed by atoms with van der Waals surface area (Å²) in [7, 11) is 0. The molecular weight excluding hydrogens is 288 g/mol. The molecule has 2 heterocycles. The highest BCUT2D eigenvalue weighted by Crippen LogP contribution is 2.29. The molecule has 1 aromatic rings. The number of ether oxygens (including phenoxy) is 1. The van der Waals surface area contributed by atoms with Gasteiger partial charge in [0.2, 0.25) is 0 Å². The van der Waals surface area contributed by atoms with Gasteiger partial charge in [-0.2, -0.15) is 0 Å². The summed E-state index contributed by atoms with van der Waals surface area (Å²) in [4.78, 5) is 2.55. The molecule has 2 saturated heterocycles. The molecule has 1 aromatic carbocycles. The van der Waals surface area contributed by atoms with Gasteiger partial charge in [0.05, 0.1) is 6.61 Å². The lowest BCUT2D eigenvalue weighted by Gasteiger charge is -2.39. The molecule has 128 valence electrons. The van der Waals surface area contributed by atoms with Crippen molar-refractivity contribution in [3.63, 3.8) is 0 Å². The van der Waals surface area contributed by atoms with Crippen molar-refractivity contribution >= 4 is 0 Å². The van der Waals surface area contributed by atoms with E-state index < -0.39 is 0 Å². The van der Waals surface area contributed by atoms with Crippen LogP contribution in [0.1, 0.15) is 31.2 Å². The van der Waals surface area contributed by atoms with Crippen LogP contribution in [0.25, 0.3) is 0 Å². The topological polar surface area (TPSA) is 44.7 Å². The van der Waals surface area contributed by atoms with E-state index in [9.17, 15) is 5.11 Å². The minimum absolute atomic E-state index is 0.0411. The van der Waals surface area contributed by atoms with Gasteiger partial charge in [-0.15, -0.1) is 0 Å². The number of benzene rings is 1. The molecule has 0 radical (unpaired) electrons. The third kappa shape index (κ3) is 4.77. The molecule has 0 atom stereocenters. The zero-order valence-corrected chi connectivity index (χ0v) is 14.0. The number of nitrogens with one attached hydrogen (secondary N) is 1. The number of hydrogen-bond donors (Lipinski definition) is 2. The van der Waals surface area contributed by atoms with Crippen LogP contribution in [0, 0.1) is 5.41 Å². The summed E-state index contributed by atoms with van der Waals surface area (Å²) in [6.45, 7) is 6.15. The van der Waals surface area contributed by atoms with Crippen molar-refractivity contribution in [1.29, 1.82) is 0 Å². The molecule has 0 bridgehead atoms. The maximum Gasteiger partial charge on any atom is 0.0501 e. The van der Waals surface area contributed by atoms with Crippen LogP contribution < -0.4 is 5.32 Å². The van der Waals surface area contributed by atoms with Crippen molar-refractivity contribution in [2.45, 2.75) is 38.3 Å².